The van der Waals surface area contributed by atoms with Crippen molar-refractivity contribution >= 4 is 28.5 Å². The van der Waals surface area contributed by atoms with Gasteiger partial charge in [0.25, 0.3) is 0 Å². The molecule has 1 aliphatic rings. The normalized spacial score (nSPS) is 15.9. The number of carbonyl (C=O) groups is 1. The molecule has 0 saturated carbocycles. The van der Waals surface area contributed by atoms with Gasteiger partial charge in [-0.2, -0.15) is 0 Å². The number of benzene rings is 1. The van der Waals surface area contributed by atoms with Crippen LogP contribution in [0.5, 0.6) is 11.5 Å². The highest BCUT2D eigenvalue weighted by Gasteiger charge is 2.21. The summed E-state index contributed by atoms with van der Waals surface area (Å²) in [6, 6.07) is 3.92. The molecular weight excluding hydrogens is 338 g/mol. The van der Waals surface area contributed by atoms with Crippen LogP contribution in [0.3, 0.4) is 0 Å². The lowest BCUT2D eigenvalue weighted by Gasteiger charge is -2.10. The van der Waals surface area contributed by atoms with Gasteiger partial charge in [-0.25, -0.2) is 0 Å². The van der Waals surface area contributed by atoms with Crippen molar-refractivity contribution in [3.8, 4) is 11.5 Å². The number of aromatic nitrogens is 2. The highest BCUT2D eigenvalue weighted by atomic mass is 32.1. The third kappa shape index (κ3) is 4.17. The molecule has 1 atom stereocenters. The van der Waals surface area contributed by atoms with Gasteiger partial charge in [-0.15, -0.1) is 10.2 Å². The van der Waals surface area contributed by atoms with Crippen LogP contribution in [-0.2, 0) is 17.6 Å². The van der Waals surface area contributed by atoms with Crippen LogP contribution in [0.1, 0.15) is 36.9 Å². The second-order valence-electron chi connectivity index (χ2n) is 5.74. The number of nitrogens with one attached hydrogen (secondary N) is 1. The minimum atomic E-state index is -0.254. The van der Waals surface area contributed by atoms with Gasteiger partial charge in [-0.1, -0.05) is 18.3 Å². The lowest BCUT2D eigenvalue weighted by atomic mass is 10.1. The third-order valence-corrected chi connectivity index (χ3v) is 4.72. The number of hydrogen-bond acceptors (Lipinski definition) is 6. The molecule has 0 bridgehead atoms. The highest BCUT2D eigenvalue weighted by molar-refractivity contribution is 7.15. The van der Waals surface area contributed by atoms with Gasteiger partial charge in [0.05, 0.1) is 6.61 Å². The molecule has 1 aromatic heterocycles. The van der Waals surface area contributed by atoms with Crippen LogP contribution in [0.2, 0.25) is 0 Å². The highest BCUT2D eigenvalue weighted by Crippen LogP contribution is 2.35. The Morgan fingerprint density at radius 1 is 1.44 bits per heavy atom. The van der Waals surface area contributed by atoms with Crippen molar-refractivity contribution in [2.45, 2.75) is 39.7 Å². The van der Waals surface area contributed by atoms with E-state index in [4.69, 9.17) is 9.47 Å². The summed E-state index contributed by atoms with van der Waals surface area (Å²) in [6.07, 6.45) is 5.03. The Morgan fingerprint density at radius 3 is 3.00 bits per heavy atom. The summed E-state index contributed by atoms with van der Waals surface area (Å²) in [4.78, 5) is 12.1. The van der Waals surface area contributed by atoms with E-state index in [1.54, 1.807) is 6.08 Å². The predicted octanol–water partition coefficient (Wildman–Crippen LogP) is 3.47. The number of rotatable bonds is 6. The fourth-order valence-corrected chi connectivity index (χ4v) is 3.31. The second-order valence-corrected chi connectivity index (χ2v) is 6.80. The molecule has 1 N–H and O–H groups in total. The molecule has 0 spiro atoms. The van der Waals surface area contributed by atoms with Crippen LogP contribution in [0.15, 0.2) is 18.2 Å². The van der Waals surface area contributed by atoms with Gasteiger partial charge in [-0.05, 0) is 38.5 Å². The van der Waals surface area contributed by atoms with Crippen LogP contribution in [0.4, 0.5) is 5.13 Å². The minimum Gasteiger partial charge on any atom is -0.493 e. The molecule has 1 amide bonds. The van der Waals surface area contributed by atoms with E-state index in [0.29, 0.717) is 11.7 Å². The molecule has 2 aromatic rings. The molecular formula is C18H21N3O3S. The molecule has 1 aromatic carbocycles. The maximum atomic E-state index is 12.1. The number of carbonyl (C=O) groups excluding carboxylic acids is 1. The first-order chi connectivity index (χ1) is 12.1. The quantitative estimate of drug-likeness (QED) is 0.800. The first kappa shape index (κ1) is 17.4. The standard InChI is InChI=1S/C18H21N3O3S/c1-4-17-20-21-18(25-17)19-16(22)7-6-12-9-15-13(8-11(3)24-15)10-14(12)23-5-2/h6-7,9-11H,4-5,8H2,1-3H3,(H,19,21,22)/b7-6+. The van der Waals surface area contributed by atoms with Crippen molar-refractivity contribution in [3.05, 3.63) is 34.3 Å². The largest absolute Gasteiger partial charge is 0.493 e. The first-order valence-corrected chi connectivity index (χ1v) is 9.18. The molecule has 6 nitrogen and oxygen atoms in total. The fourth-order valence-electron chi connectivity index (χ4n) is 2.63. The maximum absolute atomic E-state index is 12.1. The molecule has 3 rings (SSSR count). The van der Waals surface area contributed by atoms with Crippen LogP contribution < -0.4 is 14.8 Å². The molecule has 0 fully saturated rings. The summed E-state index contributed by atoms with van der Waals surface area (Å²) in [5, 5.41) is 12.0. The number of amides is 1. The minimum absolute atomic E-state index is 0.164. The zero-order chi connectivity index (χ0) is 17.8. The van der Waals surface area contributed by atoms with Crippen molar-refractivity contribution in [2.24, 2.45) is 0 Å². The Hall–Kier alpha value is -2.41. The van der Waals surface area contributed by atoms with Crippen molar-refractivity contribution in [2.75, 3.05) is 11.9 Å². The van der Waals surface area contributed by atoms with E-state index in [1.807, 2.05) is 32.9 Å². The van der Waals surface area contributed by atoms with E-state index in [1.165, 1.54) is 17.4 Å². The zero-order valence-electron chi connectivity index (χ0n) is 14.5. The van der Waals surface area contributed by atoms with Gasteiger partial charge in [0.1, 0.15) is 22.6 Å². The Labute approximate surface area is 150 Å². The molecule has 0 saturated heterocycles. The Bertz CT molecular complexity index is 801. The first-order valence-electron chi connectivity index (χ1n) is 8.36. The van der Waals surface area contributed by atoms with Gasteiger partial charge in [0.15, 0.2) is 0 Å². The molecule has 0 radical (unpaired) electrons. The summed E-state index contributed by atoms with van der Waals surface area (Å²) >= 11 is 1.38. The van der Waals surface area contributed by atoms with Crippen molar-refractivity contribution < 1.29 is 14.3 Å². The van der Waals surface area contributed by atoms with E-state index in [0.717, 1.165) is 40.5 Å². The smallest absolute Gasteiger partial charge is 0.250 e. The molecule has 2 heterocycles. The zero-order valence-corrected chi connectivity index (χ0v) is 15.4. The van der Waals surface area contributed by atoms with Gasteiger partial charge in [0, 0.05) is 23.6 Å². The number of aryl methyl sites for hydroxylation is 1. The summed E-state index contributed by atoms with van der Waals surface area (Å²) in [5.41, 5.74) is 1.95. The van der Waals surface area contributed by atoms with Gasteiger partial charge in [-0.3, -0.25) is 10.1 Å². The van der Waals surface area contributed by atoms with Gasteiger partial charge < -0.3 is 9.47 Å². The Morgan fingerprint density at radius 2 is 2.28 bits per heavy atom. The lowest BCUT2D eigenvalue weighted by Crippen LogP contribution is -2.07. The van der Waals surface area contributed by atoms with Crippen LogP contribution >= 0.6 is 11.3 Å². The average molecular weight is 359 g/mol. The van der Waals surface area contributed by atoms with E-state index >= 15 is 0 Å². The summed E-state index contributed by atoms with van der Waals surface area (Å²) in [7, 11) is 0. The number of hydrogen-bond donors (Lipinski definition) is 1. The number of fused-ring (bicyclic) bond motifs is 1. The van der Waals surface area contributed by atoms with Crippen LogP contribution in [0, 0.1) is 0 Å². The van der Waals surface area contributed by atoms with E-state index in [-0.39, 0.29) is 12.0 Å². The second kappa shape index (κ2) is 7.65. The maximum Gasteiger partial charge on any atom is 0.250 e. The molecule has 1 aliphatic heterocycles. The predicted molar refractivity (Wildman–Crippen MR) is 98.4 cm³/mol. The SMILES string of the molecule is CCOc1cc2c(cc1/C=C/C(=O)Nc1nnc(CC)s1)OC(C)C2. The average Bonchev–Trinajstić information content (AvgIpc) is 3.17. The number of anilines is 1. The van der Waals surface area contributed by atoms with Crippen molar-refractivity contribution in [1.29, 1.82) is 0 Å². The van der Waals surface area contributed by atoms with E-state index in [9.17, 15) is 4.79 Å². The summed E-state index contributed by atoms with van der Waals surface area (Å²) < 4.78 is 11.5. The molecule has 25 heavy (non-hydrogen) atoms. The molecule has 1 unspecified atom stereocenters. The van der Waals surface area contributed by atoms with Gasteiger partial charge in [0.2, 0.25) is 11.0 Å². The third-order valence-electron chi connectivity index (χ3n) is 3.74. The van der Waals surface area contributed by atoms with Crippen LogP contribution in [0.25, 0.3) is 6.08 Å². The summed E-state index contributed by atoms with van der Waals surface area (Å²) in [5.74, 6) is 1.36. The van der Waals surface area contributed by atoms with Gasteiger partial charge >= 0.3 is 0 Å². The topological polar surface area (TPSA) is 73.3 Å². The molecule has 132 valence electrons. The number of ether oxygens (including phenoxy) is 2. The van der Waals surface area contributed by atoms with Crippen LogP contribution in [-0.4, -0.2) is 28.8 Å². The Balaban J connectivity index is 1.75. The lowest BCUT2D eigenvalue weighted by molar-refractivity contribution is -0.111. The summed E-state index contributed by atoms with van der Waals surface area (Å²) in [6.45, 7) is 6.54. The Kier molecular flexibility index (Phi) is 5.33. The van der Waals surface area contributed by atoms with E-state index in [2.05, 4.69) is 15.5 Å². The number of nitrogens with zero attached hydrogens (tertiary/aromatic N) is 2. The van der Waals surface area contributed by atoms with Crippen molar-refractivity contribution in [3.63, 3.8) is 0 Å². The molecule has 7 heteroatoms. The fraction of sp³-hybridized carbons (Fsp3) is 0.389. The monoisotopic (exact) mass is 359 g/mol. The van der Waals surface area contributed by atoms with Crippen molar-refractivity contribution in [1.82, 2.24) is 10.2 Å². The van der Waals surface area contributed by atoms with E-state index < -0.39 is 0 Å². The molecule has 0 aliphatic carbocycles.